The molecule has 6 nitrogen and oxygen atoms in total. The first-order valence-corrected chi connectivity index (χ1v) is 9.95. The van der Waals surface area contributed by atoms with Crippen LogP contribution in [0.5, 0.6) is 0 Å². The molecule has 1 aliphatic heterocycles. The van der Waals surface area contributed by atoms with Gasteiger partial charge in [0.2, 0.25) is 10.0 Å². The van der Waals surface area contributed by atoms with Crippen LogP contribution in [0.15, 0.2) is 9.31 Å². The molecule has 0 amide bonds. The highest BCUT2D eigenvalue weighted by atomic mass is 32.2. The minimum absolute atomic E-state index is 0.272. The van der Waals surface area contributed by atoms with Gasteiger partial charge in [0, 0.05) is 47.5 Å². The van der Waals surface area contributed by atoms with Gasteiger partial charge < -0.3 is 9.73 Å². The third-order valence-electron chi connectivity index (χ3n) is 3.61. The van der Waals surface area contributed by atoms with E-state index in [9.17, 15) is 12.6 Å². The second-order valence-corrected chi connectivity index (χ2v) is 8.63. The summed E-state index contributed by atoms with van der Waals surface area (Å²) in [5, 5.41) is 3.15. The average Bonchev–Trinajstić information content (AvgIpc) is 2.71. The summed E-state index contributed by atoms with van der Waals surface area (Å²) in [5.41, 5.74) is 0.695. The molecule has 2 rings (SSSR count). The maximum Gasteiger partial charge on any atom is 0.246 e. The van der Waals surface area contributed by atoms with Crippen LogP contribution in [0, 0.1) is 13.8 Å². The Balaban J connectivity index is 2.37. The van der Waals surface area contributed by atoms with Crippen molar-refractivity contribution in [3.05, 3.63) is 17.1 Å². The number of hydrogen-bond acceptors (Lipinski definition) is 5. The third kappa shape index (κ3) is 3.39. The van der Waals surface area contributed by atoms with Crippen molar-refractivity contribution < 1.29 is 17.0 Å². The Labute approximate surface area is 128 Å². The first kappa shape index (κ1) is 16.7. The van der Waals surface area contributed by atoms with E-state index in [0.717, 1.165) is 6.54 Å². The summed E-state index contributed by atoms with van der Waals surface area (Å²) in [6.45, 7) is 7.26. The molecule has 1 aromatic heterocycles. The number of hydrogen-bond donors (Lipinski definition) is 1. The molecule has 0 bridgehead atoms. The summed E-state index contributed by atoms with van der Waals surface area (Å²) < 4.78 is 44.1. The van der Waals surface area contributed by atoms with E-state index in [1.165, 1.54) is 4.31 Å². The van der Waals surface area contributed by atoms with E-state index >= 15 is 0 Å². The fourth-order valence-electron chi connectivity index (χ4n) is 2.49. The molecule has 8 heteroatoms. The summed E-state index contributed by atoms with van der Waals surface area (Å²) in [5.74, 6) is 1.86. The van der Waals surface area contributed by atoms with Crippen molar-refractivity contribution in [1.82, 2.24) is 9.62 Å². The molecule has 0 unspecified atom stereocenters. The Kier molecular flexibility index (Phi) is 5.24. The molecule has 0 spiro atoms. The van der Waals surface area contributed by atoms with Gasteiger partial charge in [0.15, 0.2) is 0 Å². The molecule has 1 aromatic rings. The molecular weight excluding hydrogens is 312 g/mol. The van der Waals surface area contributed by atoms with E-state index in [1.54, 1.807) is 13.8 Å². The van der Waals surface area contributed by atoms with Crippen LogP contribution in [-0.4, -0.2) is 48.1 Å². The van der Waals surface area contributed by atoms with Gasteiger partial charge in [-0.05, 0) is 20.4 Å². The summed E-state index contributed by atoms with van der Waals surface area (Å²) >= 11 is 0. The van der Waals surface area contributed by atoms with Gasteiger partial charge in [-0.3, -0.25) is 4.21 Å². The molecule has 21 heavy (non-hydrogen) atoms. The molecule has 1 N–H and O–H groups in total. The monoisotopic (exact) mass is 334 g/mol. The number of rotatable bonds is 5. The third-order valence-corrected chi connectivity index (χ3v) is 6.98. The van der Waals surface area contributed by atoms with Crippen molar-refractivity contribution in [1.29, 1.82) is 0 Å². The lowest BCUT2D eigenvalue weighted by Gasteiger charge is -2.25. The Hall–Kier alpha value is -0.700. The van der Waals surface area contributed by atoms with Crippen LogP contribution < -0.4 is 5.32 Å². The van der Waals surface area contributed by atoms with Crippen molar-refractivity contribution in [2.24, 2.45) is 0 Å². The van der Waals surface area contributed by atoms with Crippen molar-refractivity contribution in [2.45, 2.75) is 32.2 Å². The smallest absolute Gasteiger partial charge is 0.246 e. The first-order chi connectivity index (χ1) is 9.87. The normalized spacial score (nSPS) is 18.2. The van der Waals surface area contributed by atoms with Crippen LogP contribution in [0.25, 0.3) is 0 Å². The van der Waals surface area contributed by atoms with E-state index in [0.29, 0.717) is 48.2 Å². The zero-order valence-corrected chi connectivity index (χ0v) is 14.3. The van der Waals surface area contributed by atoms with Gasteiger partial charge in [-0.1, -0.05) is 6.92 Å². The fraction of sp³-hybridized carbons (Fsp3) is 0.692. The van der Waals surface area contributed by atoms with Gasteiger partial charge in [0.1, 0.15) is 16.4 Å². The highest BCUT2D eigenvalue weighted by Crippen LogP contribution is 2.29. The lowest BCUT2D eigenvalue weighted by Crippen LogP contribution is -2.42. The molecule has 1 aliphatic rings. The van der Waals surface area contributed by atoms with Crippen LogP contribution in [0.2, 0.25) is 0 Å². The van der Waals surface area contributed by atoms with Crippen molar-refractivity contribution in [2.75, 3.05) is 31.1 Å². The molecular formula is C13H22N2O4S2. The highest BCUT2D eigenvalue weighted by molar-refractivity contribution is 7.89. The Bertz CT molecular complexity index is 627. The molecule has 2 heterocycles. The lowest BCUT2D eigenvalue weighted by molar-refractivity contribution is 0.434. The van der Waals surface area contributed by atoms with Crippen LogP contribution in [-0.2, 0) is 27.4 Å². The maximum atomic E-state index is 12.9. The fourth-order valence-corrected chi connectivity index (χ4v) is 5.63. The summed E-state index contributed by atoms with van der Waals surface area (Å²) in [6.07, 6.45) is 0. The Morgan fingerprint density at radius 1 is 1.24 bits per heavy atom. The number of sulfonamides is 1. The lowest BCUT2D eigenvalue weighted by atomic mass is 10.2. The average molecular weight is 334 g/mol. The van der Waals surface area contributed by atoms with E-state index in [-0.39, 0.29) is 4.90 Å². The number of nitrogens with one attached hydrogen (secondary N) is 1. The first-order valence-electron chi connectivity index (χ1n) is 7.02. The van der Waals surface area contributed by atoms with Crippen LogP contribution in [0.4, 0.5) is 0 Å². The molecule has 0 aliphatic carbocycles. The SMILES string of the molecule is CCNCc1c(C)oc(C)c1S(=O)(=O)N1CCS(=O)CC1. The molecule has 0 saturated carbocycles. The largest absolute Gasteiger partial charge is 0.465 e. The highest BCUT2D eigenvalue weighted by Gasteiger charge is 2.34. The predicted molar refractivity (Wildman–Crippen MR) is 82.2 cm³/mol. The van der Waals surface area contributed by atoms with Crippen LogP contribution >= 0.6 is 0 Å². The Morgan fingerprint density at radius 3 is 2.43 bits per heavy atom. The van der Waals surface area contributed by atoms with Crippen molar-refractivity contribution in [3.63, 3.8) is 0 Å². The molecule has 120 valence electrons. The van der Waals surface area contributed by atoms with Gasteiger partial charge in [0.05, 0.1) is 0 Å². The number of aryl methyl sites for hydroxylation is 2. The second-order valence-electron chi connectivity index (χ2n) is 5.05. The summed E-state index contributed by atoms with van der Waals surface area (Å²) in [7, 11) is -4.50. The van der Waals surface area contributed by atoms with Gasteiger partial charge >= 0.3 is 0 Å². The minimum atomic E-state index is -3.59. The van der Waals surface area contributed by atoms with Crippen molar-refractivity contribution >= 4 is 20.8 Å². The van der Waals surface area contributed by atoms with Crippen LogP contribution in [0.1, 0.15) is 24.0 Å². The van der Waals surface area contributed by atoms with Gasteiger partial charge in [0.25, 0.3) is 0 Å². The van der Waals surface area contributed by atoms with Crippen molar-refractivity contribution in [3.8, 4) is 0 Å². The quantitative estimate of drug-likeness (QED) is 0.860. The van der Waals surface area contributed by atoms with Gasteiger partial charge in [-0.15, -0.1) is 0 Å². The molecule has 0 atom stereocenters. The van der Waals surface area contributed by atoms with Gasteiger partial charge in [-0.2, -0.15) is 4.31 Å². The Morgan fingerprint density at radius 2 is 1.86 bits per heavy atom. The van der Waals surface area contributed by atoms with E-state index < -0.39 is 20.8 Å². The molecule has 0 radical (unpaired) electrons. The zero-order chi connectivity index (χ0) is 15.6. The topological polar surface area (TPSA) is 79.6 Å². The predicted octanol–water partition coefficient (Wildman–Crippen LogP) is 0.759. The molecule has 1 saturated heterocycles. The molecule has 1 fully saturated rings. The summed E-state index contributed by atoms with van der Waals surface area (Å²) in [6, 6.07) is 0. The number of furan rings is 1. The zero-order valence-electron chi connectivity index (χ0n) is 12.6. The maximum absolute atomic E-state index is 12.9. The number of nitrogens with zero attached hydrogens (tertiary/aromatic N) is 1. The van der Waals surface area contributed by atoms with E-state index in [1.807, 2.05) is 6.92 Å². The second kappa shape index (κ2) is 6.60. The van der Waals surface area contributed by atoms with E-state index in [2.05, 4.69) is 5.32 Å². The summed E-state index contributed by atoms with van der Waals surface area (Å²) in [4.78, 5) is 0.272. The standard InChI is InChI=1S/C13H22N2O4S2/c1-4-14-9-12-10(2)19-11(3)13(12)21(17,18)15-5-7-20(16)8-6-15/h14H,4-9H2,1-3H3. The van der Waals surface area contributed by atoms with Crippen LogP contribution in [0.3, 0.4) is 0 Å². The van der Waals surface area contributed by atoms with Gasteiger partial charge in [-0.25, -0.2) is 8.42 Å². The van der Waals surface area contributed by atoms with E-state index in [4.69, 9.17) is 4.42 Å². The molecule has 0 aromatic carbocycles. The minimum Gasteiger partial charge on any atom is -0.465 e.